The summed E-state index contributed by atoms with van der Waals surface area (Å²) in [5.74, 6) is 0.699. The average molecular weight is 471 g/mol. The molecule has 0 saturated carbocycles. The zero-order chi connectivity index (χ0) is 19.0. The highest BCUT2D eigenvalue weighted by atomic mass is 127. The first-order chi connectivity index (χ1) is 10.7. The molecular weight excluding hydrogens is 433 g/mol. The van der Waals surface area contributed by atoms with E-state index >= 15 is 0 Å². The predicted octanol–water partition coefficient (Wildman–Crippen LogP) is 2.46. The zero-order valence-electron chi connectivity index (χ0n) is 17.3. The third-order valence-electron chi connectivity index (χ3n) is 2.83. The summed E-state index contributed by atoms with van der Waals surface area (Å²) in [6.45, 7) is 17.9. The Hall–Kier alpha value is -0.770. The molecule has 8 heteroatoms. The largest absolute Gasteiger partial charge is 0.444 e. The molecule has 0 aliphatic heterocycles. The van der Waals surface area contributed by atoms with Crippen LogP contribution >= 0.6 is 24.0 Å². The minimum atomic E-state index is -0.509. The number of carbonyl (C=O) groups is 1. The lowest BCUT2D eigenvalue weighted by atomic mass is 10.1. The van der Waals surface area contributed by atoms with Gasteiger partial charge >= 0.3 is 6.09 Å². The highest BCUT2D eigenvalue weighted by molar-refractivity contribution is 14.0. The van der Waals surface area contributed by atoms with Gasteiger partial charge in [0.1, 0.15) is 5.60 Å². The highest BCUT2D eigenvalue weighted by Crippen LogP contribution is 2.09. The molecule has 0 atom stereocenters. The Morgan fingerprint density at radius 3 is 1.96 bits per heavy atom. The van der Waals surface area contributed by atoms with E-state index in [0.29, 0.717) is 12.5 Å². The number of nitrogens with zero attached hydrogens (tertiary/aromatic N) is 1. The molecule has 0 fully saturated rings. The predicted molar refractivity (Wildman–Crippen MR) is 116 cm³/mol. The van der Waals surface area contributed by atoms with Crippen molar-refractivity contribution in [2.75, 3.05) is 26.7 Å². The van der Waals surface area contributed by atoms with Gasteiger partial charge in [-0.25, -0.2) is 4.79 Å². The number of ether oxygens (including phenoxy) is 1. The summed E-state index contributed by atoms with van der Waals surface area (Å²) < 4.78 is 5.29. The minimum absolute atomic E-state index is 0. The SMILES string of the molecule is CN=C(NCCNC(C)(C)C)NCC(C)(C)NC(=O)OC(C)(C)C.I. The number of rotatable bonds is 6. The maximum absolute atomic E-state index is 11.9. The van der Waals surface area contributed by atoms with Crippen molar-refractivity contribution in [3.8, 4) is 0 Å². The fraction of sp³-hybridized carbons (Fsp3) is 0.882. The Morgan fingerprint density at radius 1 is 0.960 bits per heavy atom. The molecular formula is C17H38IN5O2. The Balaban J connectivity index is 0. The summed E-state index contributed by atoms with van der Waals surface area (Å²) in [6, 6.07) is 0. The molecule has 1 amide bonds. The molecule has 0 aliphatic carbocycles. The van der Waals surface area contributed by atoms with Gasteiger partial charge in [0.2, 0.25) is 0 Å². The van der Waals surface area contributed by atoms with Gasteiger partial charge in [0.25, 0.3) is 0 Å². The van der Waals surface area contributed by atoms with Crippen LogP contribution in [0.25, 0.3) is 0 Å². The van der Waals surface area contributed by atoms with Crippen LogP contribution in [0.15, 0.2) is 4.99 Å². The summed E-state index contributed by atoms with van der Waals surface area (Å²) in [4.78, 5) is 16.1. The molecule has 0 spiro atoms. The number of aliphatic imine (C=N–C) groups is 1. The second-order valence-corrected chi connectivity index (χ2v) is 8.54. The van der Waals surface area contributed by atoms with Crippen molar-refractivity contribution >= 4 is 36.0 Å². The number of carbonyl (C=O) groups excluding carboxylic acids is 1. The van der Waals surface area contributed by atoms with E-state index in [0.717, 1.165) is 13.1 Å². The number of hydrogen-bond acceptors (Lipinski definition) is 4. The smallest absolute Gasteiger partial charge is 0.408 e. The van der Waals surface area contributed by atoms with E-state index in [-0.39, 0.29) is 29.5 Å². The van der Waals surface area contributed by atoms with Gasteiger partial charge in [-0.1, -0.05) is 0 Å². The van der Waals surface area contributed by atoms with Crippen LogP contribution in [0.2, 0.25) is 0 Å². The van der Waals surface area contributed by atoms with E-state index in [1.165, 1.54) is 0 Å². The fourth-order valence-corrected chi connectivity index (χ4v) is 1.77. The van der Waals surface area contributed by atoms with E-state index in [1.54, 1.807) is 7.05 Å². The van der Waals surface area contributed by atoms with Crippen LogP contribution in [0, 0.1) is 0 Å². The van der Waals surface area contributed by atoms with Crippen molar-refractivity contribution in [1.82, 2.24) is 21.3 Å². The standard InChI is InChI=1S/C17H37N5O2.HI/c1-15(2,3)21-11-10-19-13(18-9)20-12-17(7,8)22-14(23)24-16(4,5)6;/h21H,10-12H2,1-9H3,(H,22,23)(H2,18,19,20);1H. The van der Waals surface area contributed by atoms with Gasteiger partial charge in [-0.2, -0.15) is 0 Å². The van der Waals surface area contributed by atoms with Crippen molar-refractivity contribution < 1.29 is 9.53 Å². The molecule has 0 rings (SSSR count). The molecule has 150 valence electrons. The maximum atomic E-state index is 11.9. The van der Waals surface area contributed by atoms with E-state index in [4.69, 9.17) is 4.74 Å². The summed E-state index contributed by atoms with van der Waals surface area (Å²) in [5, 5.41) is 12.7. The molecule has 0 unspecified atom stereocenters. The molecule has 0 bridgehead atoms. The lowest BCUT2D eigenvalue weighted by Gasteiger charge is -2.29. The maximum Gasteiger partial charge on any atom is 0.408 e. The van der Waals surface area contributed by atoms with Gasteiger partial charge in [-0.15, -0.1) is 24.0 Å². The zero-order valence-corrected chi connectivity index (χ0v) is 19.6. The van der Waals surface area contributed by atoms with Crippen LogP contribution in [-0.4, -0.2) is 55.4 Å². The quantitative estimate of drug-likeness (QED) is 0.207. The van der Waals surface area contributed by atoms with Gasteiger partial charge in [-0.05, 0) is 55.4 Å². The number of alkyl carbamates (subject to hydrolysis) is 1. The lowest BCUT2D eigenvalue weighted by molar-refractivity contribution is 0.0474. The average Bonchev–Trinajstić information content (AvgIpc) is 2.33. The summed E-state index contributed by atoms with van der Waals surface area (Å²) in [5.41, 5.74) is -0.882. The summed E-state index contributed by atoms with van der Waals surface area (Å²) in [6.07, 6.45) is -0.424. The first-order valence-corrected chi connectivity index (χ1v) is 8.45. The highest BCUT2D eigenvalue weighted by Gasteiger charge is 2.24. The van der Waals surface area contributed by atoms with Crippen LogP contribution in [0.5, 0.6) is 0 Å². The number of nitrogens with one attached hydrogen (secondary N) is 4. The van der Waals surface area contributed by atoms with E-state index in [1.807, 2.05) is 34.6 Å². The molecule has 4 N–H and O–H groups in total. The van der Waals surface area contributed by atoms with Crippen molar-refractivity contribution in [2.45, 2.75) is 72.1 Å². The number of hydrogen-bond donors (Lipinski definition) is 4. The number of guanidine groups is 1. The third-order valence-corrected chi connectivity index (χ3v) is 2.83. The molecule has 0 aromatic heterocycles. The monoisotopic (exact) mass is 471 g/mol. The Labute approximate surface area is 170 Å². The fourth-order valence-electron chi connectivity index (χ4n) is 1.77. The lowest BCUT2D eigenvalue weighted by Crippen LogP contribution is -2.54. The summed E-state index contributed by atoms with van der Waals surface area (Å²) >= 11 is 0. The number of halogens is 1. The molecule has 0 aliphatic rings. The molecule has 0 heterocycles. The van der Waals surface area contributed by atoms with Gasteiger partial charge in [0.05, 0.1) is 5.54 Å². The van der Waals surface area contributed by atoms with Crippen molar-refractivity contribution in [3.63, 3.8) is 0 Å². The normalized spacial score (nSPS) is 12.9. The summed E-state index contributed by atoms with van der Waals surface area (Å²) in [7, 11) is 1.72. The van der Waals surface area contributed by atoms with Crippen molar-refractivity contribution in [3.05, 3.63) is 0 Å². The molecule has 7 nitrogen and oxygen atoms in total. The number of amides is 1. The van der Waals surface area contributed by atoms with Gasteiger partial charge in [-0.3, -0.25) is 4.99 Å². The third kappa shape index (κ3) is 16.4. The Morgan fingerprint density at radius 2 is 1.52 bits per heavy atom. The van der Waals surface area contributed by atoms with Crippen LogP contribution in [-0.2, 0) is 4.74 Å². The van der Waals surface area contributed by atoms with E-state index in [9.17, 15) is 4.79 Å². The van der Waals surface area contributed by atoms with Gasteiger partial charge in [0.15, 0.2) is 5.96 Å². The van der Waals surface area contributed by atoms with E-state index < -0.39 is 17.2 Å². The van der Waals surface area contributed by atoms with Crippen molar-refractivity contribution in [2.24, 2.45) is 4.99 Å². The topological polar surface area (TPSA) is 86.8 Å². The van der Waals surface area contributed by atoms with Crippen LogP contribution in [0.3, 0.4) is 0 Å². The molecule has 0 aromatic rings. The van der Waals surface area contributed by atoms with Crippen LogP contribution in [0.1, 0.15) is 55.4 Å². The van der Waals surface area contributed by atoms with Crippen LogP contribution in [0.4, 0.5) is 4.79 Å². The second-order valence-electron chi connectivity index (χ2n) is 8.54. The van der Waals surface area contributed by atoms with Gasteiger partial charge < -0.3 is 26.0 Å². The Bertz CT molecular complexity index is 426. The Kier molecular flexibility index (Phi) is 11.7. The second kappa shape index (κ2) is 11.1. The molecule has 0 saturated heterocycles. The molecule has 0 radical (unpaired) electrons. The molecule has 0 aromatic carbocycles. The van der Waals surface area contributed by atoms with Gasteiger partial charge in [0, 0.05) is 32.2 Å². The van der Waals surface area contributed by atoms with Crippen LogP contribution < -0.4 is 21.3 Å². The van der Waals surface area contributed by atoms with E-state index in [2.05, 4.69) is 47.0 Å². The van der Waals surface area contributed by atoms with Crippen molar-refractivity contribution in [1.29, 1.82) is 0 Å². The minimum Gasteiger partial charge on any atom is -0.444 e. The first kappa shape index (κ1) is 26.5. The molecule has 25 heavy (non-hydrogen) atoms. The first-order valence-electron chi connectivity index (χ1n) is 8.45.